The fourth-order valence-electron chi connectivity index (χ4n) is 2.47. The van der Waals surface area contributed by atoms with Crippen LogP contribution in [0.5, 0.6) is 0 Å². The average Bonchev–Trinajstić information content (AvgIpc) is 1.99. The van der Waals surface area contributed by atoms with Crippen molar-refractivity contribution < 1.29 is 4.74 Å². The van der Waals surface area contributed by atoms with E-state index in [0.717, 1.165) is 32.7 Å². The molecule has 0 bridgehead atoms. The van der Waals surface area contributed by atoms with Gasteiger partial charge in [-0.1, -0.05) is 20.8 Å². The first-order valence-corrected chi connectivity index (χ1v) is 5.89. The minimum Gasteiger partial charge on any atom is -0.379 e. The zero-order valence-corrected chi connectivity index (χ0v) is 10.9. The van der Waals surface area contributed by atoms with Crippen LogP contribution in [0.3, 0.4) is 0 Å². The van der Waals surface area contributed by atoms with Crippen molar-refractivity contribution in [3.8, 4) is 0 Å². The number of ether oxygens (including phenoxy) is 1. The maximum atomic E-state index is 5.33. The van der Waals surface area contributed by atoms with Crippen LogP contribution in [-0.2, 0) is 4.74 Å². The number of hydrazine groups is 1. The van der Waals surface area contributed by atoms with Crippen molar-refractivity contribution in [2.75, 3.05) is 26.3 Å². The lowest BCUT2D eigenvalue weighted by molar-refractivity contribution is -0.0132. The lowest BCUT2D eigenvalue weighted by Gasteiger charge is -2.39. The van der Waals surface area contributed by atoms with Crippen molar-refractivity contribution in [1.82, 2.24) is 10.4 Å². The summed E-state index contributed by atoms with van der Waals surface area (Å²) >= 11 is 0. The van der Waals surface area contributed by atoms with Crippen molar-refractivity contribution in [1.29, 1.82) is 0 Å². The van der Waals surface area contributed by atoms with Gasteiger partial charge in [0.1, 0.15) is 0 Å². The van der Waals surface area contributed by atoms with Crippen LogP contribution in [0.4, 0.5) is 0 Å². The molecule has 1 N–H and O–H groups in total. The Morgan fingerprint density at radius 2 is 1.60 bits per heavy atom. The number of nitrogens with zero attached hydrogens (tertiary/aromatic N) is 1. The number of morpholine rings is 1. The van der Waals surface area contributed by atoms with Crippen molar-refractivity contribution in [2.24, 2.45) is 5.41 Å². The van der Waals surface area contributed by atoms with E-state index >= 15 is 0 Å². The van der Waals surface area contributed by atoms with Gasteiger partial charge in [-0.2, -0.15) is 0 Å². The predicted molar refractivity (Wildman–Crippen MR) is 63.7 cm³/mol. The Bertz CT molecular complexity index is 190. The third-order valence-electron chi connectivity index (χ3n) is 2.44. The van der Waals surface area contributed by atoms with Crippen molar-refractivity contribution in [3.05, 3.63) is 0 Å². The molecular formula is C12H26N2O. The molecule has 3 nitrogen and oxygen atoms in total. The third kappa shape index (κ3) is 5.50. The number of rotatable bonds is 3. The van der Waals surface area contributed by atoms with E-state index in [1.165, 1.54) is 0 Å². The van der Waals surface area contributed by atoms with Crippen LogP contribution in [0.2, 0.25) is 0 Å². The molecule has 1 saturated heterocycles. The molecule has 0 aromatic rings. The Morgan fingerprint density at radius 3 is 2.07 bits per heavy atom. The summed E-state index contributed by atoms with van der Waals surface area (Å²) in [5.41, 5.74) is 4.13. The molecule has 1 aliphatic rings. The first-order chi connectivity index (χ1) is 6.79. The lowest BCUT2D eigenvalue weighted by atomic mass is 9.82. The lowest BCUT2D eigenvalue weighted by Crippen LogP contribution is -2.55. The maximum Gasteiger partial charge on any atom is 0.0608 e. The van der Waals surface area contributed by atoms with Gasteiger partial charge in [0.05, 0.1) is 13.2 Å². The molecule has 1 rings (SSSR count). The van der Waals surface area contributed by atoms with Crippen LogP contribution in [-0.4, -0.2) is 36.9 Å². The Morgan fingerprint density at radius 1 is 1.07 bits per heavy atom. The first-order valence-electron chi connectivity index (χ1n) is 5.89. The highest BCUT2D eigenvalue weighted by Gasteiger charge is 2.27. The van der Waals surface area contributed by atoms with Crippen molar-refractivity contribution in [3.63, 3.8) is 0 Å². The van der Waals surface area contributed by atoms with Gasteiger partial charge in [0, 0.05) is 18.6 Å². The molecule has 0 aromatic carbocycles. The third-order valence-corrected chi connectivity index (χ3v) is 2.44. The average molecular weight is 214 g/mol. The summed E-state index contributed by atoms with van der Waals surface area (Å²) in [4.78, 5) is 0. The standard InChI is InChI=1S/C12H26N2O/c1-11(2,3)10-12(4,5)13-14-6-8-15-9-7-14/h13H,6-10H2,1-5H3. The van der Waals surface area contributed by atoms with E-state index in [1.807, 2.05) is 0 Å². The van der Waals surface area contributed by atoms with Crippen LogP contribution in [0.25, 0.3) is 0 Å². The molecule has 0 amide bonds. The number of hydrogen-bond donors (Lipinski definition) is 1. The normalized spacial score (nSPS) is 20.6. The van der Waals surface area contributed by atoms with Crippen LogP contribution in [0.1, 0.15) is 41.0 Å². The van der Waals surface area contributed by atoms with Gasteiger partial charge >= 0.3 is 0 Å². The molecule has 0 saturated carbocycles. The fraction of sp³-hybridized carbons (Fsp3) is 1.00. The highest BCUT2D eigenvalue weighted by atomic mass is 16.5. The van der Waals surface area contributed by atoms with Crippen LogP contribution in [0.15, 0.2) is 0 Å². The Kier molecular flexibility index (Phi) is 4.15. The Labute approximate surface area is 94.1 Å². The largest absolute Gasteiger partial charge is 0.379 e. The predicted octanol–water partition coefficient (Wildman–Crippen LogP) is 2.04. The molecule has 15 heavy (non-hydrogen) atoms. The van der Waals surface area contributed by atoms with E-state index in [9.17, 15) is 0 Å². The van der Waals surface area contributed by atoms with Gasteiger partial charge in [0.2, 0.25) is 0 Å². The highest BCUT2D eigenvalue weighted by molar-refractivity contribution is 4.82. The molecular weight excluding hydrogens is 188 g/mol. The highest BCUT2D eigenvalue weighted by Crippen LogP contribution is 2.27. The SMILES string of the molecule is CC(C)(C)CC(C)(C)NN1CCOCC1. The summed E-state index contributed by atoms with van der Waals surface area (Å²) in [7, 11) is 0. The Hall–Kier alpha value is -0.120. The van der Waals surface area contributed by atoms with Gasteiger partial charge in [-0.3, -0.25) is 0 Å². The molecule has 1 fully saturated rings. The molecule has 0 aromatic heterocycles. The minimum atomic E-state index is 0.162. The molecule has 0 radical (unpaired) electrons. The first kappa shape index (κ1) is 12.9. The second-order valence-corrected chi connectivity index (χ2v) is 6.33. The van der Waals surface area contributed by atoms with E-state index in [4.69, 9.17) is 4.74 Å². The van der Waals surface area contributed by atoms with Gasteiger partial charge in [0.25, 0.3) is 0 Å². The van der Waals surface area contributed by atoms with Gasteiger partial charge in [0.15, 0.2) is 0 Å². The fourth-order valence-corrected chi connectivity index (χ4v) is 2.47. The van der Waals surface area contributed by atoms with Gasteiger partial charge in [-0.05, 0) is 25.7 Å². The topological polar surface area (TPSA) is 24.5 Å². The zero-order chi connectivity index (χ0) is 11.5. The van der Waals surface area contributed by atoms with Gasteiger partial charge < -0.3 is 4.74 Å². The van der Waals surface area contributed by atoms with Gasteiger partial charge in [-0.15, -0.1) is 0 Å². The van der Waals surface area contributed by atoms with Gasteiger partial charge in [-0.25, -0.2) is 10.4 Å². The van der Waals surface area contributed by atoms with E-state index < -0.39 is 0 Å². The van der Waals surface area contributed by atoms with E-state index in [1.54, 1.807) is 0 Å². The summed E-state index contributed by atoms with van der Waals surface area (Å²) in [5.74, 6) is 0. The molecule has 0 aliphatic carbocycles. The molecule has 0 atom stereocenters. The second kappa shape index (κ2) is 4.81. The Balaban J connectivity index is 2.40. The molecule has 1 aliphatic heterocycles. The number of nitrogens with one attached hydrogen (secondary N) is 1. The van der Waals surface area contributed by atoms with E-state index in [0.29, 0.717) is 5.41 Å². The molecule has 0 spiro atoms. The molecule has 1 heterocycles. The molecule has 3 heteroatoms. The quantitative estimate of drug-likeness (QED) is 0.778. The summed E-state index contributed by atoms with van der Waals surface area (Å²) in [6, 6.07) is 0. The zero-order valence-electron chi connectivity index (χ0n) is 10.9. The summed E-state index contributed by atoms with van der Waals surface area (Å²) < 4.78 is 5.33. The maximum absolute atomic E-state index is 5.33. The summed E-state index contributed by atoms with van der Waals surface area (Å²) in [6.07, 6.45) is 1.16. The molecule has 90 valence electrons. The summed E-state index contributed by atoms with van der Waals surface area (Å²) in [5, 5.41) is 2.29. The van der Waals surface area contributed by atoms with E-state index in [-0.39, 0.29) is 5.54 Å². The van der Waals surface area contributed by atoms with E-state index in [2.05, 4.69) is 45.1 Å². The van der Waals surface area contributed by atoms with Crippen LogP contribution in [0, 0.1) is 5.41 Å². The number of hydrogen-bond acceptors (Lipinski definition) is 3. The van der Waals surface area contributed by atoms with Crippen LogP contribution < -0.4 is 5.43 Å². The molecule has 0 unspecified atom stereocenters. The van der Waals surface area contributed by atoms with Crippen molar-refractivity contribution >= 4 is 0 Å². The van der Waals surface area contributed by atoms with Crippen molar-refractivity contribution in [2.45, 2.75) is 46.6 Å². The monoisotopic (exact) mass is 214 g/mol. The summed E-state index contributed by atoms with van der Waals surface area (Å²) in [6.45, 7) is 15.1. The smallest absolute Gasteiger partial charge is 0.0608 e. The van der Waals surface area contributed by atoms with Crippen LogP contribution >= 0.6 is 0 Å². The second-order valence-electron chi connectivity index (χ2n) is 6.33. The minimum absolute atomic E-state index is 0.162.